The average Bonchev–Trinajstić information content (AvgIpc) is 3.64. The lowest BCUT2D eigenvalue weighted by Gasteiger charge is -2.21. The number of hydrogen-bond acceptors (Lipinski definition) is 2. The molecule has 3 aromatic heterocycles. The Balaban J connectivity index is 1.40. The van der Waals surface area contributed by atoms with Crippen LogP contribution in [0.4, 0.5) is 0 Å². The number of hydrogen-bond donors (Lipinski definition) is 0. The van der Waals surface area contributed by atoms with E-state index in [2.05, 4.69) is 172 Å². The quantitative estimate of drug-likeness (QED) is 0.137. The molecular formula is C46H40N3O+. The average molecular weight is 651 g/mol. The first-order valence-corrected chi connectivity index (χ1v) is 17.7. The summed E-state index contributed by atoms with van der Waals surface area (Å²) in [6.45, 7) is 11.5. The molecule has 0 aliphatic carbocycles. The standard InChI is InChI=1S/C46H40N3O/c1-27(2)35-24-32(30-14-8-7-9-15-30)25-36(28(3)4)43(35)49-41-19-13-12-18-40(41)48(6)46(49)42-29(5)20-22-34-38-26-37-33-17-11-10-16-31(33)21-23-39(37)47-45(38)50-44(34)42/h7-28H,1-6H3/q+1. The Morgan fingerprint density at radius 3 is 2.10 bits per heavy atom. The van der Waals surface area contributed by atoms with Crippen molar-refractivity contribution in [3.05, 3.63) is 138 Å². The van der Waals surface area contributed by atoms with Gasteiger partial charge in [-0.05, 0) is 82.6 Å². The largest absolute Gasteiger partial charge is 0.437 e. The van der Waals surface area contributed by atoms with Crippen LogP contribution in [-0.4, -0.2) is 9.55 Å². The van der Waals surface area contributed by atoms with E-state index in [4.69, 9.17) is 9.40 Å². The van der Waals surface area contributed by atoms with Gasteiger partial charge in [0.1, 0.15) is 11.3 Å². The molecule has 0 N–H and O–H groups in total. The molecule has 6 aromatic carbocycles. The molecule has 4 heteroatoms. The predicted octanol–water partition coefficient (Wildman–Crippen LogP) is 11.9. The highest BCUT2D eigenvalue weighted by atomic mass is 16.3. The summed E-state index contributed by atoms with van der Waals surface area (Å²) in [5.74, 6) is 1.68. The molecule has 0 fully saturated rings. The van der Waals surface area contributed by atoms with Crippen LogP contribution < -0.4 is 4.57 Å². The van der Waals surface area contributed by atoms with Crippen LogP contribution in [0, 0.1) is 6.92 Å². The molecule has 4 nitrogen and oxygen atoms in total. The minimum Gasteiger partial charge on any atom is -0.437 e. The second kappa shape index (κ2) is 11.4. The number of para-hydroxylation sites is 2. The van der Waals surface area contributed by atoms with Gasteiger partial charge in [0, 0.05) is 27.3 Å². The van der Waals surface area contributed by atoms with E-state index in [1.807, 2.05) is 0 Å². The van der Waals surface area contributed by atoms with Gasteiger partial charge in [-0.1, -0.05) is 113 Å². The summed E-state index contributed by atoms with van der Waals surface area (Å²) in [6.07, 6.45) is 0. The lowest BCUT2D eigenvalue weighted by Crippen LogP contribution is -2.30. The van der Waals surface area contributed by atoms with E-state index in [1.165, 1.54) is 49.7 Å². The number of rotatable bonds is 5. The Morgan fingerprint density at radius 2 is 1.34 bits per heavy atom. The highest BCUT2D eigenvalue weighted by molar-refractivity contribution is 6.15. The van der Waals surface area contributed by atoms with Crippen molar-refractivity contribution in [2.24, 2.45) is 7.05 Å². The fourth-order valence-electron chi connectivity index (χ4n) is 7.99. The maximum atomic E-state index is 6.88. The number of benzene rings is 6. The van der Waals surface area contributed by atoms with Gasteiger partial charge in [-0.15, -0.1) is 0 Å². The fraction of sp³-hybridized carbons (Fsp3) is 0.174. The molecule has 50 heavy (non-hydrogen) atoms. The molecule has 9 rings (SSSR count). The first kappa shape index (κ1) is 30.3. The van der Waals surface area contributed by atoms with E-state index in [9.17, 15) is 0 Å². The van der Waals surface area contributed by atoms with E-state index in [0.717, 1.165) is 44.2 Å². The SMILES string of the molecule is Cc1ccc2c(oc3nc4ccc5ccccc5c4cc32)c1-c1n(-c2c(C(C)C)cc(-c3ccccc3)cc2C(C)C)c2ccccc2[n+]1C. The number of imidazole rings is 1. The number of nitrogens with zero attached hydrogens (tertiary/aromatic N) is 3. The molecule has 0 spiro atoms. The van der Waals surface area contributed by atoms with Crippen molar-refractivity contribution in [1.82, 2.24) is 9.55 Å². The van der Waals surface area contributed by atoms with Gasteiger partial charge in [0.05, 0.1) is 12.6 Å². The van der Waals surface area contributed by atoms with Gasteiger partial charge in [-0.25, -0.2) is 9.55 Å². The monoisotopic (exact) mass is 650 g/mol. The molecule has 244 valence electrons. The van der Waals surface area contributed by atoms with Gasteiger partial charge in [0.15, 0.2) is 16.6 Å². The Labute approximate surface area is 292 Å². The molecule has 0 radical (unpaired) electrons. The smallest absolute Gasteiger partial charge is 0.299 e. The highest BCUT2D eigenvalue weighted by Gasteiger charge is 2.34. The van der Waals surface area contributed by atoms with Gasteiger partial charge in [0.25, 0.3) is 5.82 Å². The highest BCUT2D eigenvalue weighted by Crippen LogP contribution is 2.43. The van der Waals surface area contributed by atoms with E-state index >= 15 is 0 Å². The summed E-state index contributed by atoms with van der Waals surface area (Å²) >= 11 is 0. The third-order valence-corrected chi connectivity index (χ3v) is 10.5. The van der Waals surface area contributed by atoms with Crippen molar-refractivity contribution in [1.29, 1.82) is 0 Å². The van der Waals surface area contributed by atoms with Crippen LogP contribution in [0.5, 0.6) is 0 Å². The number of aryl methyl sites for hydroxylation is 2. The zero-order valence-corrected chi connectivity index (χ0v) is 29.5. The summed E-state index contributed by atoms with van der Waals surface area (Å²) in [5, 5.41) is 5.67. The second-order valence-corrected chi connectivity index (χ2v) is 14.3. The van der Waals surface area contributed by atoms with Gasteiger partial charge in [-0.3, -0.25) is 0 Å². The van der Waals surface area contributed by atoms with Gasteiger partial charge < -0.3 is 4.42 Å². The number of fused-ring (bicyclic) bond motifs is 7. The van der Waals surface area contributed by atoms with Crippen LogP contribution >= 0.6 is 0 Å². The minimum atomic E-state index is 0.292. The van der Waals surface area contributed by atoms with Crippen LogP contribution in [0.1, 0.15) is 56.2 Å². The van der Waals surface area contributed by atoms with E-state index < -0.39 is 0 Å². The Bertz CT molecular complexity index is 2750. The predicted molar refractivity (Wildman–Crippen MR) is 208 cm³/mol. The van der Waals surface area contributed by atoms with Crippen molar-refractivity contribution >= 4 is 54.8 Å². The van der Waals surface area contributed by atoms with Crippen molar-refractivity contribution in [2.45, 2.75) is 46.5 Å². The van der Waals surface area contributed by atoms with Crippen molar-refractivity contribution in [3.8, 4) is 28.2 Å². The van der Waals surface area contributed by atoms with Crippen LogP contribution in [0.3, 0.4) is 0 Å². The van der Waals surface area contributed by atoms with Gasteiger partial charge in [0.2, 0.25) is 5.71 Å². The lowest BCUT2D eigenvalue weighted by molar-refractivity contribution is -0.633. The third-order valence-electron chi connectivity index (χ3n) is 10.5. The van der Waals surface area contributed by atoms with Crippen LogP contribution in [-0.2, 0) is 7.05 Å². The lowest BCUT2D eigenvalue weighted by atomic mass is 9.88. The van der Waals surface area contributed by atoms with Crippen molar-refractivity contribution < 1.29 is 8.98 Å². The maximum absolute atomic E-state index is 6.88. The normalized spacial score (nSPS) is 12.2. The molecular weight excluding hydrogens is 611 g/mol. The number of pyridine rings is 1. The summed E-state index contributed by atoms with van der Waals surface area (Å²) in [6, 6.07) is 43.9. The topological polar surface area (TPSA) is 34.8 Å². The summed E-state index contributed by atoms with van der Waals surface area (Å²) in [5.41, 5.74) is 13.5. The van der Waals surface area contributed by atoms with Gasteiger partial charge in [-0.2, -0.15) is 4.57 Å². The summed E-state index contributed by atoms with van der Waals surface area (Å²) < 4.78 is 11.7. The Kier molecular flexibility index (Phi) is 6.93. The van der Waals surface area contributed by atoms with E-state index in [1.54, 1.807) is 0 Å². The zero-order valence-electron chi connectivity index (χ0n) is 29.5. The van der Waals surface area contributed by atoms with Crippen LogP contribution in [0.2, 0.25) is 0 Å². The molecule has 0 aliphatic heterocycles. The molecule has 0 saturated carbocycles. The molecule has 0 aliphatic rings. The Hall–Kier alpha value is -5.74. The van der Waals surface area contributed by atoms with Crippen LogP contribution in [0.15, 0.2) is 126 Å². The van der Waals surface area contributed by atoms with Crippen molar-refractivity contribution in [3.63, 3.8) is 0 Å². The molecule has 0 bridgehead atoms. The molecule has 0 unspecified atom stereocenters. The van der Waals surface area contributed by atoms with Crippen LogP contribution in [0.25, 0.3) is 83.0 Å². The fourth-order valence-corrected chi connectivity index (χ4v) is 7.99. The molecule has 0 atom stereocenters. The molecule has 0 amide bonds. The first-order chi connectivity index (χ1) is 24.3. The van der Waals surface area contributed by atoms with E-state index in [0.29, 0.717) is 17.5 Å². The first-order valence-electron chi connectivity index (χ1n) is 17.7. The summed E-state index contributed by atoms with van der Waals surface area (Å²) in [7, 11) is 2.19. The molecule has 3 heterocycles. The molecule has 9 aromatic rings. The Morgan fingerprint density at radius 1 is 0.640 bits per heavy atom. The molecule has 0 saturated heterocycles. The van der Waals surface area contributed by atoms with Gasteiger partial charge >= 0.3 is 0 Å². The number of aromatic nitrogens is 3. The number of furan rings is 1. The third kappa shape index (κ3) is 4.51. The minimum absolute atomic E-state index is 0.292. The maximum Gasteiger partial charge on any atom is 0.299 e. The zero-order chi connectivity index (χ0) is 34.3. The second-order valence-electron chi connectivity index (χ2n) is 14.3. The van der Waals surface area contributed by atoms with E-state index in [-0.39, 0.29) is 0 Å². The van der Waals surface area contributed by atoms with Crippen molar-refractivity contribution in [2.75, 3.05) is 0 Å². The summed E-state index contributed by atoms with van der Waals surface area (Å²) in [4.78, 5) is 5.11.